The second-order valence-electron chi connectivity index (χ2n) is 4.34. The van der Waals surface area contributed by atoms with Gasteiger partial charge in [0, 0.05) is 34.8 Å². The molecule has 4 nitrogen and oxygen atoms in total. The largest absolute Gasteiger partial charge is 0.292 e. The van der Waals surface area contributed by atoms with Crippen LogP contribution in [0.4, 0.5) is 0 Å². The Labute approximate surface area is 122 Å². The van der Waals surface area contributed by atoms with Crippen LogP contribution in [0.15, 0.2) is 48.8 Å². The number of Topliss-reactive ketones (excluding diaryl/α,β-unsaturated/α-hetero) is 1. The Bertz CT molecular complexity index is 729. The van der Waals surface area contributed by atoms with Crippen LogP contribution in [0.5, 0.6) is 0 Å². The highest BCUT2D eigenvalue weighted by atomic mass is 35.5. The van der Waals surface area contributed by atoms with Gasteiger partial charge in [0.25, 0.3) is 0 Å². The fraction of sp³-hybridized carbons (Fsp3) is 0.143. The highest BCUT2D eigenvalue weighted by molar-refractivity contribution is 7.91. The number of rotatable bonds is 4. The Morgan fingerprint density at radius 3 is 2.40 bits per heavy atom. The molecule has 0 bridgehead atoms. The number of benzene rings is 1. The van der Waals surface area contributed by atoms with Crippen molar-refractivity contribution in [1.29, 1.82) is 0 Å². The lowest BCUT2D eigenvalue weighted by Gasteiger charge is -2.15. The highest BCUT2D eigenvalue weighted by Crippen LogP contribution is 2.30. The van der Waals surface area contributed by atoms with E-state index in [2.05, 4.69) is 4.98 Å². The van der Waals surface area contributed by atoms with E-state index < -0.39 is 20.9 Å². The number of halogens is 1. The third-order valence-electron chi connectivity index (χ3n) is 2.80. The van der Waals surface area contributed by atoms with E-state index in [9.17, 15) is 13.2 Å². The molecule has 0 aliphatic heterocycles. The summed E-state index contributed by atoms with van der Waals surface area (Å²) in [4.78, 5) is 16.3. The van der Waals surface area contributed by atoms with Crippen LogP contribution in [0.3, 0.4) is 0 Å². The van der Waals surface area contributed by atoms with Crippen LogP contribution >= 0.6 is 11.6 Å². The van der Waals surface area contributed by atoms with Gasteiger partial charge in [-0.15, -0.1) is 0 Å². The summed E-state index contributed by atoms with van der Waals surface area (Å²) in [5.41, 5.74) is 0.522. The average Bonchev–Trinajstić information content (AvgIpc) is 2.41. The van der Waals surface area contributed by atoms with E-state index in [1.807, 2.05) is 0 Å². The van der Waals surface area contributed by atoms with Crippen LogP contribution in [0, 0.1) is 0 Å². The first kappa shape index (κ1) is 14.7. The smallest absolute Gasteiger partial charge is 0.185 e. The molecule has 2 rings (SSSR count). The summed E-state index contributed by atoms with van der Waals surface area (Å²) in [5.74, 6) is -0.511. The molecule has 1 atom stereocenters. The van der Waals surface area contributed by atoms with Gasteiger partial charge < -0.3 is 0 Å². The highest BCUT2D eigenvalue weighted by Gasteiger charge is 2.33. The zero-order valence-corrected chi connectivity index (χ0v) is 12.2. The number of pyridine rings is 1. The SMILES string of the molecule is CS(=O)(=O)C(C(=O)c1ccccc1)c1cnccc1Cl. The van der Waals surface area contributed by atoms with Gasteiger partial charge in [0.1, 0.15) is 0 Å². The molecule has 0 amide bonds. The first-order valence-electron chi connectivity index (χ1n) is 5.79. The van der Waals surface area contributed by atoms with Gasteiger partial charge in [0.05, 0.1) is 0 Å². The zero-order valence-electron chi connectivity index (χ0n) is 10.7. The average molecular weight is 310 g/mol. The first-order valence-corrected chi connectivity index (χ1v) is 8.12. The monoisotopic (exact) mass is 309 g/mol. The van der Waals surface area contributed by atoms with Crippen LogP contribution in [-0.4, -0.2) is 25.4 Å². The molecule has 0 aliphatic rings. The summed E-state index contributed by atoms with van der Waals surface area (Å²) >= 11 is 6.00. The molecular weight excluding hydrogens is 298 g/mol. The molecule has 0 spiro atoms. The van der Waals surface area contributed by atoms with Crippen molar-refractivity contribution < 1.29 is 13.2 Å². The summed E-state index contributed by atoms with van der Waals surface area (Å²) in [6.07, 6.45) is 3.77. The van der Waals surface area contributed by atoms with Crippen molar-refractivity contribution in [2.75, 3.05) is 6.26 Å². The Kier molecular flexibility index (Phi) is 4.20. The summed E-state index contributed by atoms with van der Waals surface area (Å²) in [6.45, 7) is 0. The maximum absolute atomic E-state index is 12.5. The van der Waals surface area contributed by atoms with Crippen LogP contribution in [0.2, 0.25) is 5.02 Å². The molecule has 1 unspecified atom stereocenters. The van der Waals surface area contributed by atoms with Gasteiger partial charge in [-0.1, -0.05) is 41.9 Å². The summed E-state index contributed by atoms with van der Waals surface area (Å²) < 4.78 is 24.0. The van der Waals surface area contributed by atoms with Crippen LogP contribution < -0.4 is 0 Å². The van der Waals surface area contributed by atoms with Gasteiger partial charge in [-0.3, -0.25) is 9.78 Å². The molecule has 0 saturated heterocycles. The summed E-state index contributed by atoms with van der Waals surface area (Å²) in [6, 6.07) is 9.72. The van der Waals surface area contributed by atoms with E-state index in [-0.39, 0.29) is 10.6 Å². The molecular formula is C14H12ClNO3S. The van der Waals surface area contributed by atoms with Gasteiger partial charge in [-0.25, -0.2) is 8.42 Å². The number of carbonyl (C=O) groups excluding carboxylic acids is 1. The van der Waals surface area contributed by atoms with Crippen molar-refractivity contribution in [3.63, 3.8) is 0 Å². The molecule has 0 aliphatic carbocycles. The van der Waals surface area contributed by atoms with Gasteiger partial charge >= 0.3 is 0 Å². The Balaban J connectivity index is 2.56. The normalized spacial score (nSPS) is 12.9. The standard InChI is InChI=1S/C14H12ClNO3S/c1-20(18,19)14(11-9-16-8-7-12(11)15)13(17)10-5-3-2-4-6-10/h2-9,14H,1H3. The van der Waals surface area contributed by atoms with E-state index in [0.717, 1.165) is 6.26 Å². The van der Waals surface area contributed by atoms with Crippen molar-refractivity contribution >= 4 is 27.2 Å². The molecule has 20 heavy (non-hydrogen) atoms. The minimum Gasteiger partial charge on any atom is -0.292 e. The Morgan fingerprint density at radius 2 is 1.85 bits per heavy atom. The second kappa shape index (κ2) is 5.73. The number of nitrogens with zero attached hydrogens (tertiary/aromatic N) is 1. The second-order valence-corrected chi connectivity index (χ2v) is 6.87. The molecule has 1 heterocycles. The zero-order chi connectivity index (χ0) is 14.8. The van der Waals surface area contributed by atoms with Gasteiger partial charge in [0.15, 0.2) is 20.9 Å². The lowest BCUT2D eigenvalue weighted by Crippen LogP contribution is -2.22. The van der Waals surface area contributed by atoms with Crippen LogP contribution in [0.25, 0.3) is 0 Å². The van der Waals surface area contributed by atoms with E-state index >= 15 is 0 Å². The topological polar surface area (TPSA) is 64.1 Å². The molecule has 1 aromatic heterocycles. The fourth-order valence-corrected chi connectivity index (χ4v) is 3.36. The minimum absolute atomic E-state index is 0.200. The molecule has 6 heteroatoms. The quantitative estimate of drug-likeness (QED) is 0.815. The summed E-state index contributed by atoms with van der Waals surface area (Å²) in [7, 11) is -3.66. The van der Waals surface area contributed by atoms with Gasteiger partial charge in [-0.2, -0.15) is 0 Å². The molecule has 104 valence electrons. The van der Waals surface area contributed by atoms with Crippen molar-refractivity contribution in [2.24, 2.45) is 0 Å². The number of aromatic nitrogens is 1. The van der Waals surface area contributed by atoms with E-state index in [0.29, 0.717) is 5.56 Å². The van der Waals surface area contributed by atoms with E-state index in [4.69, 9.17) is 11.6 Å². The number of ketones is 1. The van der Waals surface area contributed by atoms with E-state index in [1.165, 1.54) is 18.5 Å². The van der Waals surface area contributed by atoms with Crippen molar-refractivity contribution in [2.45, 2.75) is 5.25 Å². The summed E-state index contributed by atoms with van der Waals surface area (Å²) in [5, 5.41) is -1.13. The minimum atomic E-state index is -3.66. The first-order chi connectivity index (χ1) is 9.41. The predicted octanol–water partition coefficient (Wildman–Crippen LogP) is 2.70. The number of hydrogen-bond donors (Lipinski definition) is 0. The maximum Gasteiger partial charge on any atom is 0.185 e. The predicted molar refractivity (Wildman–Crippen MR) is 77.6 cm³/mol. The third-order valence-corrected chi connectivity index (χ3v) is 4.47. The Hall–Kier alpha value is -1.72. The molecule has 0 fully saturated rings. The van der Waals surface area contributed by atoms with Crippen molar-refractivity contribution in [3.8, 4) is 0 Å². The van der Waals surface area contributed by atoms with Crippen LogP contribution in [-0.2, 0) is 9.84 Å². The lowest BCUT2D eigenvalue weighted by molar-refractivity contribution is 0.0987. The Morgan fingerprint density at radius 1 is 1.20 bits per heavy atom. The lowest BCUT2D eigenvalue weighted by atomic mass is 10.0. The number of carbonyl (C=O) groups is 1. The number of sulfone groups is 1. The van der Waals surface area contributed by atoms with Gasteiger partial charge in [-0.05, 0) is 6.07 Å². The molecule has 2 aromatic rings. The van der Waals surface area contributed by atoms with Crippen LogP contribution in [0.1, 0.15) is 21.2 Å². The molecule has 0 saturated carbocycles. The maximum atomic E-state index is 12.5. The van der Waals surface area contributed by atoms with E-state index in [1.54, 1.807) is 30.3 Å². The third kappa shape index (κ3) is 3.05. The van der Waals surface area contributed by atoms with Gasteiger partial charge in [0.2, 0.25) is 0 Å². The molecule has 0 N–H and O–H groups in total. The molecule has 0 radical (unpaired) electrons. The number of hydrogen-bond acceptors (Lipinski definition) is 4. The van der Waals surface area contributed by atoms with Crippen molar-refractivity contribution in [3.05, 3.63) is 64.9 Å². The fourth-order valence-electron chi connectivity index (χ4n) is 1.90. The molecule has 1 aromatic carbocycles. The van der Waals surface area contributed by atoms with Crippen molar-refractivity contribution in [1.82, 2.24) is 4.98 Å².